The van der Waals surface area contributed by atoms with Crippen LogP contribution in [0, 0.1) is 18.3 Å². The van der Waals surface area contributed by atoms with Crippen molar-refractivity contribution in [1.82, 2.24) is 14.8 Å². The third-order valence-electron chi connectivity index (χ3n) is 3.37. The van der Waals surface area contributed by atoms with E-state index >= 15 is 0 Å². The van der Waals surface area contributed by atoms with Gasteiger partial charge in [0.2, 0.25) is 0 Å². The highest BCUT2D eigenvalue weighted by molar-refractivity contribution is 7.99. The molecule has 3 aromatic rings. The van der Waals surface area contributed by atoms with Gasteiger partial charge in [0.05, 0.1) is 11.8 Å². The first-order valence-corrected chi connectivity index (χ1v) is 8.45. The summed E-state index contributed by atoms with van der Waals surface area (Å²) in [7, 11) is 0. The summed E-state index contributed by atoms with van der Waals surface area (Å²) in [5.41, 5.74) is 2.13. The number of hydrogen-bond acceptors (Lipinski definition) is 5. The second kappa shape index (κ2) is 7.66. The molecule has 0 saturated carbocycles. The summed E-state index contributed by atoms with van der Waals surface area (Å²) in [5, 5.41) is 17.9. The van der Waals surface area contributed by atoms with E-state index in [2.05, 4.69) is 16.3 Å². The molecule has 0 spiro atoms. The number of nitriles is 1. The van der Waals surface area contributed by atoms with E-state index < -0.39 is 0 Å². The molecule has 0 saturated heterocycles. The minimum Gasteiger partial charge on any atom is -0.486 e. The van der Waals surface area contributed by atoms with Crippen molar-refractivity contribution >= 4 is 11.8 Å². The maximum atomic E-state index is 8.82. The molecule has 6 heteroatoms. The van der Waals surface area contributed by atoms with Gasteiger partial charge < -0.3 is 4.74 Å². The lowest BCUT2D eigenvalue weighted by atomic mass is 10.2. The minimum absolute atomic E-state index is 0.304. The van der Waals surface area contributed by atoms with Gasteiger partial charge in [-0.25, -0.2) is 0 Å². The van der Waals surface area contributed by atoms with E-state index in [4.69, 9.17) is 10.00 Å². The second-order valence-electron chi connectivity index (χ2n) is 5.12. The van der Waals surface area contributed by atoms with Crippen LogP contribution >= 0.6 is 11.8 Å². The Hall–Kier alpha value is -2.78. The van der Waals surface area contributed by atoms with E-state index in [0.29, 0.717) is 23.3 Å². The molecule has 0 radical (unpaired) electrons. The van der Waals surface area contributed by atoms with Gasteiger partial charge >= 0.3 is 0 Å². The number of rotatable bonds is 6. The van der Waals surface area contributed by atoms with Gasteiger partial charge in [-0.3, -0.25) is 4.57 Å². The minimum atomic E-state index is 0.304. The lowest BCUT2D eigenvalue weighted by Crippen LogP contribution is -2.06. The molecule has 24 heavy (non-hydrogen) atoms. The molecule has 1 aromatic heterocycles. The third kappa shape index (κ3) is 3.76. The molecule has 0 amide bonds. The number of hydrogen-bond donors (Lipinski definition) is 0. The fraction of sp³-hybridized carbons (Fsp3) is 0.167. The molecule has 0 unspecified atom stereocenters. The maximum Gasteiger partial charge on any atom is 0.196 e. The summed E-state index contributed by atoms with van der Waals surface area (Å²) in [6.07, 6.45) is 0. The molecule has 120 valence electrons. The molecular formula is C18H16N4OS. The lowest BCUT2D eigenvalue weighted by molar-refractivity contribution is 0.293. The van der Waals surface area contributed by atoms with Gasteiger partial charge in [0.1, 0.15) is 12.4 Å². The number of aryl methyl sites for hydroxylation is 1. The smallest absolute Gasteiger partial charge is 0.196 e. The van der Waals surface area contributed by atoms with E-state index in [0.717, 1.165) is 11.4 Å². The van der Waals surface area contributed by atoms with Crippen molar-refractivity contribution in [2.24, 2.45) is 0 Å². The first kappa shape index (κ1) is 16.1. The summed E-state index contributed by atoms with van der Waals surface area (Å²) in [6, 6.07) is 19.8. The summed E-state index contributed by atoms with van der Waals surface area (Å²) in [4.78, 5) is 0. The Morgan fingerprint density at radius 3 is 2.54 bits per heavy atom. The summed E-state index contributed by atoms with van der Waals surface area (Å²) >= 11 is 1.36. The van der Waals surface area contributed by atoms with Crippen LogP contribution in [0.1, 0.15) is 11.4 Å². The van der Waals surface area contributed by atoms with Crippen LogP contribution in [0.4, 0.5) is 0 Å². The molecule has 0 fully saturated rings. The highest BCUT2D eigenvalue weighted by Gasteiger charge is 2.14. The fourth-order valence-electron chi connectivity index (χ4n) is 2.20. The van der Waals surface area contributed by atoms with Crippen LogP contribution in [0.5, 0.6) is 5.75 Å². The van der Waals surface area contributed by atoms with Crippen LogP contribution < -0.4 is 4.74 Å². The fourth-order valence-corrected chi connectivity index (χ4v) is 2.83. The normalized spacial score (nSPS) is 10.3. The largest absolute Gasteiger partial charge is 0.486 e. The second-order valence-corrected chi connectivity index (χ2v) is 6.06. The van der Waals surface area contributed by atoms with Crippen molar-refractivity contribution in [3.05, 3.63) is 66.0 Å². The highest BCUT2D eigenvalue weighted by Crippen LogP contribution is 2.22. The third-order valence-corrected chi connectivity index (χ3v) is 4.17. The zero-order valence-corrected chi connectivity index (χ0v) is 14.0. The van der Waals surface area contributed by atoms with Crippen molar-refractivity contribution in [3.63, 3.8) is 0 Å². The standard InChI is InChI=1S/C18H16N4OS/c1-14-7-9-16(10-8-14)23-13-17-20-21-18(24-12-11-19)22(17)15-5-3-2-4-6-15/h2-10H,12-13H2,1H3. The van der Waals surface area contributed by atoms with Crippen molar-refractivity contribution in [2.45, 2.75) is 18.7 Å². The monoisotopic (exact) mass is 336 g/mol. The Kier molecular flexibility index (Phi) is 5.14. The Morgan fingerprint density at radius 1 is 1.08 bits per heavy atom. The molecule has 0 aliphatic rings. The molecule has 0 aliphatic heterocycles. The van der Waals surface area contributed by atoms with Gasteiger partial charge in [-0.05, 0) is 31.2 Å². The highest BCUT2D eigenvalue weighted by atomic mass is 32.2. The molecule has 0 N–H and O–H groups in total. The maximum absolute atomic E-state index is 8.82. The van der Waals surface area contributed by atoms with E-state index in [1.165, 1.54) is 17.3 Å². The lowest BCUT2D eigenvalue weighted by Gasteiger charge is -2.10. The number of benzene rings is 2. The van der Waals surface area contributed by atoms with Crippen LogP contribution in [-0.2, 0) is 6.61 Å². The predicted octanol–water partition coefficient (Wildman–Crippen LogP) is 3.77. The molecule has 3 rings (SSSR count). The Bertz CT molecular complexity index is 838. The molecular weight excluding hydrogens is 320 g/mol. The molecule has 0 atom stereocenters. The summed E-state index contributed by atoms with van der Waals surface area (Å²) in [6.45, 7) is 2.34. The van der Waals surface area contributed by atoms with Crippen LogP contribution in [0.2, 0.25) is 0 Å². The molecule has 0 aliphatic carbocycles. The number of para-hydroxylation sites is 1. The van der Waals surface area contributed by atoms with E-state index in [1.54, 1.807) is 0 Å². The van der Waals surface area contributed by atoms with Gasteiger partial charge in [-0.2, -0.15) is 5.26 Å². The van der Waals surface area contributed by atoms with Crippen molar-refractivity contribution in [1.29, 1.82) is 5.26 Å². The number of thioether (sulfide) groups is 1. The van der Waals surface area contributed by atoms with Gasteiger partial charge in [0.15, 0.2) is 11.0 Å². The van der Waals surface area contributed by atoms with Crippen LogP contribution in [0.25, 0.3) is 5.69 Å². The van der Waals surface area contributed by atoms with Crippen LogP contribution in [0.3, 0.4) is 0 Å². The summed E-state index contributed by atoms with van der Waals surface area (Å²) in [5.74, 6) is 1.81. The molecule has 0 bridgehead atoms. The zero-order valence-electron chi connectivity index (χ0n) is 13.2. The van der Waals surface area contributed by atoms with Gasteiger partial charge in [-0.1, -0.05) is 47.7 Å². The average Bonchev–Trinajstić information content (AvgIpc) is 3.03. The van der Waals surface area contributed by atoms with E-state index in [-0.39, 0.29) is 0 Å². The van der Waals surface area contributed by atoms with E-state index in [9.17, 15) is 0 Å². The molecule has 1 heterocycles. The van der Waals surface area contributed by atoms with Crippen molar-refractivity contribution in [3.8, 4) is 17.5 Å². The Balaban J connectivity index is 1.85. The van der Waals surface area contributed by atoms with Gasteiger partial charge in [-0.15, -0.1) is 10.2 Å². The number of nitrogens with zero attached hydrogens (tertiary/aromatic N) is 4. The summed E-state index contributed by atoms with van der Waals surface area (Å²) < 4.78 is 7.76. The van der Waals surface area contributed by atoms with Crippen LogP contribution in [0.15, 0.2) is 59.8 Å². The average molecular weight is 336 g/mol. The van der Waals surface area contributed by atoms with E-state index in [1.807, 2.05) is 66.1 Å². The van der Waals surface area contributed by atoms with Gasteiger partial charge in [0.25, 0.3) is 0 Å². The molecule has 5 nitrogen and oxygen atoms in total. The van der Waals surface area contributed by atoms with Crippen molar-refractivity contribution in [2.75, 3.05) is 5.75 Å². The first-order valence-electron chi connectivity index (χ1n) is 7.47. The van der Waals surface area contributed by atoms with Gasteiger partial charge in [0, 0.05) is 5.69 Å². The SMILES string of the molecule is Cc1ccc(OCc2nnc(SCC#N)n2-c2ccccc2)cc1. The molecule has 2 aromatic carbocycles. The van der Waals surface area contributed by atoms with Crippen molar-refractivity contribution < 1.29 is 4.74 Å². The quantitative estimate of drug-likeness (QED) is 0.641. The zero-order chi connectivity index (χ0) is 16.8. The number of aromatic nitrogens is 3. The van der Waals surface area contributed by atoms with Crippen LogP contribution in [-0.4, -0.2) is 20.5 Å². The predicted molar refractivity (Wildman–Crippen MR) is 93.2 cm³/mol. The first-order chi connectivity index (χ1) is 11.8. The Morgan fingerprint density at radius 2 is 1.83 bits per heavy atom. The Labute approximate surface area is 144 Å². The topological polar surface area (TPSA) is 63.7 Å². The number of ether oxygens (including phenoxy) is 1.